The fourth-order valence-corrected chi connectivity index (χ4v) is 2.80. The van der Waals surface area contributed by atoms with Gasteiger partial charge in [0.2, 0.25) is 0 Å². The standard InChI is InChI=1S/C20H20FIN4O3/c1-12-4-6-14(11-24-12)29-17(8-9-27)18(19(23)28)20(26(2)3)25-16-7-5-13(22)10-15(16)21/h4-11,25H,1-3H3,(H2,23,28)/b17-8+,20-18+. The number of ether oxygens (including phenoxy) is 1. The van der Waals surface area contributed by atoms with Crippen LogP contribution in [0.4, 0.5) is 10.1 Å². The molecule has 0 spiro atoms. The molecule has 1 heterocycles. The number of primary amides is 1. The molecule has 152 valence electrons. The molecule has 0 atom stereocenters. The van der Waals surface area contributed by atoms with Gasteiger partial charge in [-0.15, -0.1) is 0 Å². The Labute approximate surface area is 181 Å². The lowest BCUT2D eigenvalue weighted by Crippen LogP contribution is -2.29. The van der Waals surface area contributed by atoms with Crippen molar-refractivity contribution in [3.63, 3.8) is 0 Å². The second-order valence-corrected chi connectivity index (χ2v) is 7.38. The molecule has 0 aliphatic heterocycles. The van der Waals surface area contributed by atoms with Gasteiger partial charge in [-0.05, 0) is 59.8 Å². The van der Waals surface area contributed by atoms with Gasteiger partial charge in [0, 0.05) is 29.4 Å². The number of pyridine rings is 1. The summed E-state index contributed by atoms with van der Waals surface area (Å²) in [7, 11) is 3.28. The number of allylic oxidation sites excluding steroid dienone is 1. The molecule has 0 saturated heterocycles. The highest BCUT2D eigenvalue weighted by Crippen LogP contribution is 2.25. The lowest BCUT2D eigenvalue weighted by atomic mass is 10.1. The summed E-state index contributed by atoms with van der Waals surface area (Å²) in [5.74, 6) is -1.00. The van der Waals surface area contributed by atoms with E-state index >= 15 is 0 Å². The summed E-state index contributed by atoms with van der Waals surface area (Å²) in [6.07, 6.45) is 2.99. The molecule has 0 radical (unpaired) electrons. The normalized spacial score (nSPS) is 12.1. The van der Waals surface area contributed by atoms with E-state index in [1.165, 1.54) is 23.2 Å². The fraction of sp³-hybridized carbons (Fsp3) is 0.150. The van der Waals surface area contributed by atoms with E-state index < -0.39 is 11.7 Å². The van der Waals surface area contributed by atoms with Gasteiger partial charge >= 0.3 is 0 Å². The van der Waals surface area contributed by atoms with Crippen LogP contribution in [0.1, 0.15) is 5.69 Å². The number of carbonyl (C=O) groups is 2. The smallest absolute Gasteiger partial charge is 0.256 e. The van der Waals surface area contributed by atoms with Crippen molar-refractivity contribution in [3.8, 4) is 5.75 Å². The average Bonchev–Trinajstić information content (AvgIpc) is 2.64. The Morgan fingerprint density at radius 2 is 2.03 bits per heavy atom. The van der Waals surface area contributed by atoms with E-state index in [-0.39, 0.29) is 22.8 Å². The van der Waals surface area contributed by atoms with Crippen LogP contribution in [0.15, 0.2) is 59.8 Å². The Kier molecular flexibility index (Phi) is 7.71. The topological polar surface area (TPSA) is 97.5 Å². The number of hydrogen-bond donors (Lipinski definition) is 2. The first-order valence-electron chi connectivity index (χ1n) is 8.42. The van der Waals surface area contributed by atoms with Crippen LogP contribution in [0, 0.1) is 16.3 Å². The quantitative estimate of drug-likeness (QED) is 0.186. The van der Waals surface area contributed by atoms with Gasteiger partial charge in [0.1, 0.15) is 35.0 Å². The van der Waals surface area contributed by atoms with Gasteiger partial charge in [-0.25, -0.2) is 4.39 Å². The third-order valence-electron chi connectivity index (χ3n) is 3.69. The number of halogens is 2. The van der Waals surface area contributed by atoms with Crippen molar-refractivity contribution in [3.05, 3.63) is 74.8 Å². The van der Waals surface area contributed by atoms with Crippen molar-refractivity contribution in [1.29, 1.82) is 0 Å². The van der Waals surface area contributed by atoms with E-state index in [1.54, 1.807) is 32.3 Å². The number of nitrogens with two attached hydrogens (primary N) is 1. The minimum atomic E-state index is -0.861. The minimum absolute atomic E-state index is 0.0970. The third-order valence-corrected chi connectivity index (χ3v) is 4.36. The van der Waals surface area contributed by atoms with Crippen molar-refractivity contribution in [2.24, 2.45) is 5.73 Å². The van der Waals surface area contributed by atoms with E-state index in [4.69, 9.17) is 10.5 Å². The van der Waals surface area contributed by atoms with Crippen LogP contribution in [0.5, 0.6) is 5.75 Å². The zero-order valence-corrected chi connectivity index (χ0v) is 18.2. The Morgan fingerprint density at radius 3 is 2.55 bits per heavy atom. The molecule has 2 aromatic rings. The number of benzene rings is 1. The van der Waals surface area contributed by atoms with Crippen LogP contribution in [-0.2, 0) is 9.59 Å². The van der Waals surface area contributed by atoms with E-state index in [0.29, 0.717) is 15.6 Å². The van der Waals surface area contributed by atoms with E-state index in [1.807, 2.05) is 29.5 Å². The average molecular weight is 510 g/mol. The number of aryl methyl sites for hydroxylation is 1. The van der Waals surface area contributed by atoms with Gasteiger partial charge in [0.25, 0.3) is 5.91 Å². The number of nitrogens with one attached hydrogen (secondary N) is 1. The predicted molar refractivity (Wildman–Crippen MR) is 116 cm³/mol. The molecule has 0 fully saturated rings. The Hall–Kier alpha value is -2.95. The molecule has 1 amide bonds. The summed E-state index contributed by atoms with van der Waals surface area (Å²) < 4.78 is 20.8. The number of carbonyl (C=O) groups excluding carboxylic acids is 2. The molecule has 0 saturated carbocycles. The van der Waals surface area contributed by atoms with E-state index in [0.717, 1.165) is 11.8 Å². The van der Waals surface area contributed by atoms with Crippen molar-refractivity contribution in [1.82, 2.24) is 9.88 Å². The Morgan fingerprint density at radius 1 is 1.31 bits per heavy atom. The molecule has 9 heteroatoms. The maximum Gasteiger partial charge on any atom is 0.256 e. The molecule has 1 aromatic carbocycles. The van der Waals surface area contributed by atoms with E-state index in [2.05, 4.69) is 10.3 Å². The van der Waals surface area contributed by atoms with E-state index in [9.17, 15) is 14.0 Å². The monoisotopic (exact) mass is 510 g/mol. The molecular formula is C20H20FIN4O3. The third kappa shape index (κ3) is 6.01. The summed E-state index contributed by atoms with van der Waals surface area (Å²) in [4.78, 5) is 29.1. The number of hydrogen-bond acceptors (Lipinski definition) is 6. The second-order valence-electron chi connectivity index (χ2n) is 6.14. The summed E-state index contributed by atoms with van der Waals surface area (Å²) in [6, 6.07) is 7.94. The number of aromatic nitrogens is 1. The van der Waals surface area contributed by atoms with Crippen LogP contribution in [0.2, 0.25) is 0 Å². The van der Waals surface area contributed by atoms with Crippen molar-refractivity contribution in [2.45, 2.75) is 6.92 Å². The second kappa shape index (κ2) is 10.0. The molecule has 1 aromatic heterocycles. The minimum Gasteiger partial charge on any atom is -0.455 e. The molecule has 0 aliphatic rings. The summed E-state index contributed by atoms with van der Waals surface area (Å²) in [6.45, 7) is 1.81. The van der Waals surface area contributed by atoms with Gasteiger partial charge in [-0.1, -0.05) is 0 Å². The lowest BCUT2D eigenvalue weighted by Gasteiger charge is -2.23. The fourth-order valence-electron chi connectivity index (χ4n) is 2.34. The van der Waals surface area contributed by atoms with Crippen molar-refractivity contribution < 1.29 is 18.7 Å². The SMILES string of the molecule is Cc1ccc(OC(=C/C=O)/C(C(N)=O)=C(/Nc2ccc(I)cc2F)N(C)C)cn1. The number of amides is 1. The molecule has 7 nitrogen and oxygen atoms in total. The maximum atomic E-state index is 14.3. The number of nitrogens with zero attached hydrogens (tertiary/aromatic N) is 2. The van der Waals surface area contributed by atoms with Crippen LogP contribution in [0.25, 0.3) is 0 Å². The highest BCUT2D eigenvalue weighted by atomic mass is 127. The highest BCUT2D eigenvalue weighted by molar-refractivity contribution is 14.1. The zero-order valence-electron chi connectivity index (χ0n) is 16.1. The first-order valence-corrected chi connectivity index (χ1v) is 9.50. The van der Waals surface area contributed by atoms with Crippen LogP contribution in [-0.4, -0.2) is 36.2 Å². The molecule has 0 aliphatic carbocycles. The molecule has 2 rings (SSSR count). The summed E-state index contributed by atoms with van der Waals surface area (Å²) in [5.41, 5.74) is 6.37. The van der Waals surface area contributed by atoms with Gasteiger partial charge in [0.15, 0.2) is 0 Å². The Bertz CT molecular complexity index is 972. The molecular weight excluding hydrogens is 490 g/mol. The molecule has 0 unspecified atom stereocenters. The maximum absolute atomic E-state index is 14.3. The lowest BCUT2D eigenvalue weighted by molar-refractivity contribution is -0.114. The van der Waals surface area contributed by atoms with Crippen LogP contribution in [0.3, 0.4) is 0 Å². The van der Waals surface area contributed by atoms with Gasteiger partial charge < -0.3 is 20.7 Å². The number of anilines is 1. The molecule has 0 bridgehead atoms. The van der Waals surface area contributed by atoms with Gasteiger partial charge in [0.05, 0.1) is 11.9 Å². The number of aldehydes is 1. The largest absolute Gasteiger partial charge is 0.455 e. The van der Waals surface area contributed by atoms with Crippen LogP contribution < -0.4 is 15.8 Å². The van der Waals surface area contributed by atoms with Crippen LogP contribution >= 0.6 is 22.6 Å². The molecule has 29 heavy (non-hydrogen) atoms. The number of rotatable bonds is 8. The van der Waals surface area contributed by atoms with Crippen molar-refractivity contribution in [2.75, 3.05) is 19.4 Å². The zero-order chi connectivity index (χ0) is 21.6. The molecule has 3 N–H and O–H groups in total. The summed E-state index contributed by atoms with van der Waals surface area (Å²) in [5, 5.41) is 2.86. The predicted octanol–water partition coefficient (Wildman–Crippen LogP) is 2.97. The summed E-state index contributed by atoms with van der Waals surface area (Å²) >= 11 is 1.99. The Balaban J connectivity index is 2.56. The first kappa shape index (κ1) is 22.3. The highest BCUT2D eigenvalue weighted by Gasteiger charge is 2.23. The first-order chi connectivity index (χ1) is 13.7. The van der Waals surface area contributed by atoms with Gasteiger partial charge in [-0.3, -0.25) is 14.6 Å². The van der Waals surface area contributed by atoms with Crippen molar-refractivity contribution >= 4 is 40.5 Å². The van der Waals surface area contributed by atoms with Gasteiger partial charge in [-0.2, -0.15) is 0 Å².